The van der Waals surface area contributed by atoms with Crippen molar-refractivity contribution in [3.63, 3.8) is 0 Å². The van der Waals surface area contributed by atoms with Gasteiger partial charge in [-0.2, -0.15) is 5.10 Å². The molecule has 1 heterocycles. The van der Waals surface area contributed by atoms with Gasteiger partial charge in [0.25, 0.3) is 11.6 Å². The van der Waals surface area contributed by atoms with E-state index in [1.165, 1.54) is 18.3 Å². The molecule has 10 nitrogen and oxygen atoms in total. The average Bonchev–Trinajstić information content (AvgIpc) is 3.17. The number of nitrogens with zero attached hydrogens (tertiary/aromatic N) is 2. The smallest absolute Gasteiger partial charge is 0.335 e. The number of hydrogen-bond acceptors (Lipinski definition) is 7. The number of carbonyl (C=O) groups is 2. The van der Waals surface area contributed by atoms with Gasteiger partial charge in [0.2, 0.25) is 0 Å². The van der Waals surface area contributed by atoms with Gasteiger partial charge in [-0.1, -0.05) is 12.1 Å². The van der Waals surface area contributed by atoms with E-state index in [0.29, 0.717) is 17.1 Å². The number of carbonyl (C=O) groups excluding carboxylic acids is 1. The number of hydrazone groups is 1. The Morgan fingerprint density at radius 1 is 1.10 bits per heavy atom. The van der Waals surface area contributed by atoms with Crippen LogP contribution in [0.1, 0.15) is 26.5 Å². The number of amides is 1. The minimum absolute atomic E-state index is 0.147. The Morgan fingerprint density at radius 3 is 2.48 bits per heavy atom. The van der Waals surface area contributed by atoms with Gasteiger partial charge in [-0.15, -0.1) is 0 Å². The van der Waals surface area contributed by atoms with Gasteiger partial charge in [-0.3, -0.25) is 14.9 Å². The number of phenols is 1. The number of nitrogens with one attached hydrogen (secondary N) is 1. The number of aromatic carboxylic acids is 1. The van der Waals surface area contributed by atoms with Crippen LogP contribution in [0.25, 0.3) is 11.3 Å². The molecule has 0 radical (unpaired) electrons. The molecule has 1 amide bonds. The zero-order valence-electron chi connectivity index (χ0n) is 14.6. The fraction of sp³-hybridized carbons (Fsp3) is 0. The second kappa shape index (κ2) is 8.05. The second-order valence-electron chi connectivity index (χ2n) is 5.74. The van der Waals surface area contributed by atoms with Crippen LogP contribution in [0.2, 0.25) is 0 Å². The van der Waals surface area contributed by atoms with Crippen LogP contribution in [-0.2, 0) is 0 Å². The lowest BCUT2D eigenvalue weighted by Gasteiger charge is -2.02. The zero-order valence-corrected chi connectivity index (χ0v) is 14.6. The van der Waals surface area contributed by atoms with E-state index in [4.69, 9.17) is 9.52 Å². The maximum Gasteiger partial charge on any atom is 0.335 e. The molecule has 2 aromatic carbocycles. The normalized spacial score (nSPS) is 10.8. The standard InChI is InChI=1S/C19H13N3O7/c23-16-7-5-13(22(27)28)9-15(16)18(24)21-20-10-14-6-8-17(29-14)11-1-3-12(4-2-11)19(25)26/h1-10,23H,(H,21,24)(H,25,26)/b20-10+. The summed E-state index contributed by atoms with van der Waals surface area (Å²) >= 11 is 0. The van der Waals surface area contributed by atoms with Crippen LogP contribution in [0, 0.1) is 10.1 Å². The second-order valence-corrected chi connectivity index (χ2v) is 5.74. The van der Waals surface area contributed by atoms with E-state index in [-0.39, 0.29) is 16.8 Å². The van der Waals surface area contributed by atoms with Gasteiger partial charge >= 0.3 is 5.97 Å². The number of furan rings is 1. The molecule has 0 saturated heterocycles. The van der Waals surface area contributed by atoms with Gasteiger partial charge < -0.3 is 14.6 Å². The Hall–Kier alpha value is -4.47. The summed E-state index contributed by atoms with van der Waals surface area (Å²) in [7, 11) is 0. The van der Waals surface area contributed by atoms with E-state index in [2.05, 4.69) is 10.5 Å². The number of carboxylic acid groups (broad SMARTS) is 1. The molecule has 0 atom stereocenters. The minimum Gasteiger partial charge on any atom is -0.507 e. The lowest BCUT2D eigenvalue weighted by molar-refractivity contribution is -0.384. The molecule has 1 aromatic heterocycles. The first kappa shape index (κ1) is 19.3. The molecule has 0 spiro atoms. The van der Waals surface area contributed by atoms with Gasteiger partial charge in [0.15, 0.2) is 0 Å². The fourth-order valence-corrected chi connectivity index (χ4v) is 2.39. The molecular weight excluding hydrogens is 382 g/mol. The van der Waals surface area contributed by atoms with E-state index in [1.807, 2.05) is 0 Å². The van der Waals surface area contributed by atoms with Crippen molar-refractivity contribution >= 4 is 23.8 Å². The number of carboxylic acids is 1. The number of aromatic hydroxyl groups is 1. The number of phenolic OH excluding ortho intramolecular Hbond substituents is 1. The molecule has 146 valence electrons. The monoisotopic (exact) mass is 395 g/mol. The van der Waals surface area contributed by atoms with Crippen LogP contribution in [0.3, 0.4) is 0 Å². The summed E-state index contributed by atoms with van der Waals surface area (Å²) in [4.78, 5) is 33.0. The number of nitro benzene ring substituents is 1. The van der Waals surface area contributed by atoms with Crippen LogP contribution >= 0.6 is 0 Å². The maximum atomic E-state index is 12.1. The number of hydrogen-bond donors (Lipinski definition) is 3. The Balaban J connectivity index is 1.68. The molecule has 0 aliphatic carbocycles. The molecule has 0 saturated carbocycles. The first-order chi connectivity index (χ1) is 13.8. The van der Waals surface area contributed by atoms with Gasteiger partial charge in [0, 0.05) is 17.7 Å². The Morgan fingerprint density at radius 2 is 1.83 bits per heavy atom. The highest BCUT2D eigenvalue weighted by molar-refractivity contribution is 5.97. The van der Waals surface area contributed by atoms with Gasteiger partial charge in [0.05, 0.1) is 22.3 Å². The van der Waals surface area contributed by atoms with Crippen molar-refractivity contribution in [1.29, 1.82) is 0 Å². The molecule has 3 aromatic rings. The van der Waals surface area contributed by atoms with Crippen molar-refractivity contribution in [3.8, 4) is 17.1 Å². The van der Waals surface area contributed by atoms with Crippen LogP contribution < -0.4 is 5.43 Å². The van der Waals surface area contributed by atoms with E-state index in [0.717, 1.165) is 18.2 Å². The quantitative estimate of drug-likeness (QED) is 0.329. The van der Waals surface area contributed by atoms with Gasteiger partial charge in [0.1, 0.15) is 17.3 Å². The molecular formula is C19H13N3O7. The van der Waals surface area contributed by atoms with Crippen molar-refractivity contribution in [2.24, 2.45) is 5.10 Å². The van der Waals surface area contributed by atoms with Crippen LogP contribution in [-0.4, -0.2) is 33.2 Å². The number of nitro groups is 1. The summed E-state index contributed by atoms with van der Waals surface area (Å²) < 4.78 is 5.55. The Kier molecular flexibility index (Phi) is 5.35. The third kappa shape index (κ3) is 4.45. The van der Waals surface area contributed by atoms with Gasteiger partial charge in [-0.25, -0.2) is 10.2 Å². The highest BCUT2D eigenvalue weighted by Crippen LogP contribution is 2.23. The van der Waals surface area contributed by atoms with Crippen molar-refractivity contribution in [2.75, 3.05) is 0 Å². The van der Waals surface area contributed by atoms with Crippen molar-refractivity contribution in [1.82, 2.24) is 5.43 Å². The summed E-state index contributed by atoms with van der Waals surface area (Å²) in [6.07, 6.45) is 1.21. The van der Waals surface area contributed by atoms with Crippen molar-refractivity contribution < 1.29 is 29.1 Å². The molecule has 0 unspecified atom stereocenters. The predicted molar refractivity (Wildman–Crippen MR) is 101 cm³/mol. The molecule has 3 N–H and O–H groups in total. The lowest BCUT2D eigenvalue weighted by Crippen LogP contribution is -2.17. The van der Waals surface area contributed by atoms with E-state index < -0.39 is 22.5 Å². The number of benzene rings is 2. The third-order valence-electron chi connectivity index (χ3n) is 3.84. The zero-order chi connectivity index (χ0) is 21.0. The maximum absolute atomic E-state index is 12.1. The summed E-state index contributed by atoms with van der Waals surface area (Å²) in [6.45, 7) is 0. The summed E-state index contributed by atoms with van der Waals surface area (Å²) in [5.74, 6) is -1.53. The first-order valence-electron chi connectivity index (χ1n) is 8.09. The third-order valence-corrected chi connectivity index (χ3v) is 3.84. The molecule has 0 aliphatic rings. The number of rotatable bonds is 6. The van der Waals surface area contributed by atoms with Crippen LogP contribution in [0.5, 0.6) is 5.75 Å². The molecule has 0 aliphatic heterocycles. The van der Waals surface area contributed by atoms with Crippen molar-refractivity contribution in [3.05, 3.63) is 81.6 Å². The average molecular weight is 395 g/mol. The topological polar surface area (TPSA) is 155 Å². The Bertz CT molecular complexity index is 1120. The summed E-state index contributed by atoms with van der Waals surface area (Å²) in [6, 6.07) is 12.4. The first-order valence-corrected chi connectivity index (χ1v) is 8.09. The summed E-state index contributed by atoms with van der Waals surface area (Å²) in [5.41, 5.74) is 2.30. The van der Waals surface area contributed by atoms with E-state index in [9.17, 15) is 24.8 Å². The molecule has 10 heteroatoms. The largest absolute Gasteiger partial charge is 0.507 e. The predicted octanol–water partition coefficient (Wildman–Crippen LogP) is 3.02. The molecule has 0 bridgehead atoms. The lowest BCUT2D eigenvalue weighted by atomic mass is 10.1. The fourth-order valence-electron chi connectivity index (χ4n) is 2.39. The molecule has 0 fully saturated rings. The van der Waals surface area contributed by atoms with Crippen LogP contribution in [0.4, 0.5) is 5.69 Å². The Labute approximate surface area is 162 Å². The number of non-ortho nitro benzene ring substituents is 1. The van der Waals surface area contributed by atoms with E-state index >= 15 is 0 Å². The van der Waals surface area contributed by atoms with Gasteiger partial charge in [-0.05, 0) is 30.3 Å². The molecule has 3 rings (SSSR count). The summed E-state index contributed by atoms with van der Waals surface area (Å²) in [5, 5.41) is 33.1. The molecule has 29 heavy (non-hydrogen) atoms. The highest BCUT2D eigenvalue weighted by Gasteiger charge is 2.16. The highest BCUT2D eigenvalue weighted by atomic mass is 16.6. The van der Waals surface area contributed by atoms with E-state index in [1.54, 1.807) is 24.3 Å². The van der Waals surface area contributed by atoms with Crippen molar-refractivity contribution in [2.45, 2.75) is 0 Å². The van der Waals surface area contributed by atoms with Crippen LogP contribution in [0.15, 0.2) is 64.1 Å². The minimum atomic E-state index is -1.03. The SMILES string of the molecule is O=C(O)c1ccc(-c2ccc(/C=N/NC(=O)c3cc([N+](=O)[O-])ccc3O)o2)cc1.